The zero-order valence-corrected chi connectivity index (χ0v) is 20.7. The molecule has 0 atom stereocenters. The Balaban J connectivity index is 1.54. The van der Waals surface area contributed by atoms with Crippen LogP contribution >= 0.6 is 34.7 Å². The summed E-state index contributed by atoms with van der Waals surface area (Å²) in [4.78, 5) is 31.0. The van der Waals surface area contributed by atoms with E-state index in [1.54, 1.807) is 34.9 Å². The highest BCUT2D eigenvalue weighted by atomic mass is 35.5. The molecule has 172 valence electrons. The first-order valence-corrected chi connectivity index (χ1v) is 12.6. The molecule has 34 heavy (non-hydrogen) atoms. The topological polar surface area (TPSA) is 76.3 Å². The summed E-state index contributed by atoms with van der Waals surface area (Å²) in [7, 11) is 0. The highest BCUT2D eigenvalue weighted by molar-refractivity contribution is 7.99. The van der Waals surface area contributed by atoms with Crippen LogP contribution in [0.3, 0.4) is 0 Å². The van der Waals surface area contributed by atoms with Crippen molar-refractivity contribution in [3.05, 3.63) is 93.1 Å². The number of carbonyl (C=O) groups excluding carboxylic acids is 1. The average molecular weight is 509 g/mol. The zero-order valence-electron chi connectivity index (χ0n) is 18.3. The Bertz CT molecular complexity index is 1420. The Morgan fingerprint density at radius 1 is 1.24 bits per heavy atom. The van der Waals surface area contributed by atoms with Gasteiger partial charge in [0, 0.05) is 22.5 Å². The van der Waals surface area contributed by atoms with Crippen LogP contribution in [-0.4, -0.2) is 27.4 Å². The molecule has 0 unspecified atom stereocenters. The molecule has 0 aliphatic heterocycles. The van der Waals surface area contributed by atoms with Crippen LogP contribution in [0.2, 0.25) is 5.02 Å². The number of rotatable bonds is 8. The number of amides is 1. The maximum absolute atomic E-state index is 13.4. The molecule has 0 spiro atoms. The minimum atomic E-state index is -0.304. The minimum Gasteiger partial charge on any atom is -0.283 e. The molecule has 2 aromatic heterocycles. The molecule has 0 aliphatic carbocycles. The van der Waals surface area contributed by atoms with Gasteiger partial charge < -0.3 is 0 Å². The molecule has 1 N–H and O–H groups in total. The number of nitrogens with one attached hydrogen (secondary N) is 1. The van der Waals surface area contributed by atoms with E-state index in [0.717, 1.165) is 22.3 Å². The monoisotopic (exact) mass is 508 g/mol. The summed E-state index contributed by atoms with van der Waals surface area (Å²) >= 11 is 8.47. The molecule has 1 amide bonds. The molecule has 6 nitrogen and oxygen atoms in total. The van der Waals surface area contributed by atoms with Crippen LogP contribution in [0, 0.1) is 6.92 Å². The van der Waals surface area contributed by atoms with Crippen LogP contribution in [0.4, 0.5) is 0 Å². The molecule has 0 saturated carbocycles. The van der Waals surface area contributed by atoms with E-state index in [9.17, 15) is 9.59 Å². The molecular formula is C25H21ClN4O2S2. The van der Waals surface area contributed by atoms with Crippen molar-refractivity contribution < 1.29 is 4.79 Å². The van der Waals surface area contributed by atoms with Gasteiger partial charge in [-0.3, -0.25) is 14.2 Å². The summed E-state index contributed by atoms with van der Waals surface area (Å²) in [6.45, 7) is 6.09. The van der Waals surface area contributed by atoms with E-state index >= 15 is 0 Å². The van der Waals surface area contributed by atoms with Gasteiger partial charge in [0.05, 0.1) is 17.4 Å². The second kappa shape index (κ2) is 10.8. The van der Waals surface area contributed by atoms with E-state index in [2.05, 4.69) is 17.1 Å². The van der Waals surface area contributed by atoms with Crippen molar-refractivity contribution in [3.8, 4) is 11.1 Å². The van der Waals surface area contributed by atoms with Gasteiger partial charge in [0.1, 0.15) is 4.83 Å². The van der Waals surface area contributed by atoms with Crippen LogP contribution in [0.1, 0.15) is 11.1 Å². The van der Waals surface area contributed by atoms with Gasteiger partial charge in [-0.2, -0.15) is 5.10 Å². The lowest BCUT2D eigenvalue weighted by molar-refractivity contribution is -0.118. The average Bonchev–Trinajstić information content (AvgIpc) is 3.26. The van der Waals surface area contributed by atoms with E-state index < -0.39 is 0 Å². The molecule has 2 aromatic carbocycles. The fourth-order valence-electron chi connectivity index (χ4n) is 3.24. The summed E-state index contributed by atoms with van der Waals surface area (Å²) in [5, 5.41) is 7.60. The minimum absolute atomic E-state index is 0.0588. The highest BCUT2D eigenvalue weighted by Crippen LogP contribution is 2.32. The Labute approximate surface area is 210 Å². The van der Waals surface area contributed by atoms with Crippen molar-refractivity contribution in [1.82, 2.24) is 15.0 Å². The Kier molecular flexibility index (Phi) is 7.62. The molecule has 0 aliphatic rings. The number of halogens is 1. The predicted octanol–water partition coefficient (Wildman–Crippen LogP) is 5.52. The second-order valence-electron chi connectivity index (χ2n) is 7.43. The molecular weight excluding hydrogens is 488 g/mol. The number of aryl methyl sites for hydroxylation is 1. The van der Waals surface area contributed by atoms with Gasteiger partial charge in [0.2, 0.25) is 0 Å². The molecule has 2 heterocycles. The van der Waals surface area contributed by atoms with Crippen molar-refractivity contribution in [1.29, 1.82) is 0 Å². The second-order valence-corrected chi connectivity index (χ2v) is 9.66. The van der Waals surface area contributed by atoms with Crippen LogP contribution in [0.25, 0.3) is 21.3 Å². The van der Waals surface area contributed by atoms with E-state index in [4.69, 9.17) is 16.6 Å². The number of nitrogens with zero attached hydrogens (tertiary/aromatic N) is 3. The van der Waals surface area contributed by atoms with E-state index in [1.165, 1.54) is 29.3 Å². The quantitative estimate of drug-likeness (QED) is 0.112. The Morgan fingerprint density at radius 3 is 2.68 bits per heavy atom. The van der Waals surface area contributed by atoms with Gasteiger partial charge in [0.25, 0.3) is 11.5 Å². The van der Waals surface area contributed by atoms with Crippen LogP contribution in [0.5, 0.6) is 0 Å². The molecule has 0 bridgehead atoms. The first-order valence-electron chi connectivity index (χ1n) is 10.4. The van der Waals surface area contributed by atoms with Crippen molar-refractivity contribution >= 4 is 57.0 Å². The highest BCUT2D eigenvalue weighted by Gasteiger charge is 2.17. The lowest BCUT2D eigenvalue weighted by Crippen LogP contribution is -2.24. The Hall–Kier alpha value is -3.20. The smallest absolute Gasteiger partial charge is 0.263 e. The number of benzene rings is 2. The number of thiophene rings is 1. The van der Waals surface area contributed by atoms with Crippen LogP contribution < -0.4 is 11.0 Å². The lowest BCUT2D eigenvalue weighted by Gasteiger charge is -2.10. The van der Waals surface area contributed by atoms with Crippen molar-refractivity contribution in [3.63, 3.8) is 0 Å². The standard InChI is InChI=1S/C25H21ClN4O2S2/c1-3-12-30-24(32)22-20(18-8-4-16(2)5-9-18)14-33-23(22)28-25(30)34-15-21(31)29-27-13-17-6-10-19(26)11-7-17/h3-11,13-14H,1,12,15H2,2H3,(H,29,31)/b27-13+. The third-order valence-corrected chi connectivity index (χ3v) is 7.04. The normalized spacial score (nSPS) is 11.2. The molecule has 4 rings (SSSR count). The van der Waals surface area contributed by atoms with Crippen molar-refractivity contribution in [2.24, 2.45) is 5.10 Å². The van der Waals surface area contributed by atoms with Gasteiger partial charge in [-0.05, 0) is 30.2 Å². The number of fused-ring (bicyclic) bond motifs is 1. The number of hydrazone groups is 1. The Morgan fingerprint density at radius 2 is 1.97 bits per heavy atom. The summed E-state index contributed by atoms with van der Waals surface area (Å²) in [6.07, 6.45) is 3.18. The SMILES string of the molecule is C=CCn1c(SCC(=O)N/N=C/c2ccc(Cl)cc2)nc2scc(-c3ccc(C)cc3)c2c1=O. The van der Waals surface area contributed by atoms with E-state index in [1.807, 2.05) is 36.6 Å². The van der Waals surface area contributed by atoms with Gasteiger partial charge in [0.15, 0.2) is 5.16 Å². The number of hydrogen-bond donors (Lipinski definition) is 1. The van der Waals surface area contributed by atoms with Crippen LogP contribution in [0.15, 0.2) is 81.6 Å². The third-order valence-electron chi connectivity index (χ3n) is 4.94. The predicted molar refractivity (Wildman–Crippen MR) is 142 cm³/mol. The number of allylic oxidation sites excluding steroid dienone is 1. The van der Waals surface area contributed by atoms with Gasteiger partial charge >= 0.3 is 0 Å². The summed E-state index contributed by atoms with van der Waals surface area (Å²) in [5.74, 6) is -0.246. The maximum Gasteiger partial charge on any atom is 0.263 e. The number of carbonyl (C=O) groups is 1. The van der Waals surface area contributed by atoms with E-state index in [0.29, 0.717) is 26.9 Å². The van der Waals surface area contributed by atoms with Gasteiger partial charge in [-0.25, -0.2) is 10.4 Å². The number of thioether (sulfide) groups is 1. The number of aromatic nitrogens is 2. The van der Waals surface area contributed by atoms with Crippen molar-refractivity contribution in [2.75, 3.05) is 5.75 Å². The summed E-state index contributed by atoms with van der Waals surface area (Å²) in [6, 6.07) is 15.1. The first-order chi connectivity index (χ1) is 16.5. The van der Waals surface area contributed by atoms with E-state index in [-0.39, 0.29) is 17.2 Å². The molecule has 0 radical (unpaired) electrons. The van der Waals surface area contributed by atoms with Crippen LogP contribution in [-0.2, 0) is 11.3 Å². The van der Waals surface area contributed by atoms with Gasteiger partial charge in [-0.15, -0.1) is 17.9 Å². The fourth-order valence-corrected chi connectivity index (χ4v) is 5.16. The first kappa shape index (κ1) is 23.9. The fraction of sp³-hybridized carbons (Fsp3) is 0.120. The summed E-state index contributed by atoms with van der Waals surface area (Å²) < 4.78 is 1.55. The molecule has 0 saturated heterocycles. The molecule has 4 aromatic rings. The molecule has 9 heteroatoms. The van der Waals surface area contributed by atoms with Crippen molar-refractivity contribution in [2.45, 2.75) is 18.6 Å². The lowest BCUT2D eigenvalue weighted by atomic mass is 10.1. The zero-order chi connectivity index (χ0) is 24.1. The summed E-state index contributed by atoms with van der Waals surface area (Å²) in [5.41, 5.74) is 6.14. The largest absolute Gasteiger partial charge is 0.283 e. The third kappa shape index (κ3) is 5.47. The maximum atomic E-state index is 13.4. The molecule has 0 fully saturated rings. The number of hydrogen-bond acceptors (Lipinski definition) is 6. The van der Waals surface area contributed by atoms with Gasteiger partial charge in [-0.1, -0.05) is 71.4 Å².